The molecule has 0 saturated heterocycles. The number of nitriles is 1. The molecule has 0 spiro atoms. The van der Waals surface area contributed by atoms with Crippen LogP contribution in [0.25, 0.3) is 0 Å². The molecule has 1 aromatic carbocycles. The fourth-order valence-corrected chi connectivity index (χ4v) is 1.58. The number of anilines is 1. The molecule has 0 aliphatic rings. The molecule has 0 aliphatic carbocycles. The Labute approximate surface area is 105 Å². The number of nitro groups is 1. The van der Waals surface area contributed by atoms with Crippen LogP contribution in [0.3, 0.4) is 0 Å². The van der Waals surface area contributed by atoms with Gasteiger partial charge < -0.3 is 4.90 Å². The summed E-state index contributed by atoms with van der Waals surface area (Å²) in [6.07, 6.45) is 0.893. The van der Waals surface area contributed by atoms with Gasteiger partial charge in [-0.2, -0.15) is 5.26 Å². The lowest BCUT2D eigenvalue weighted by Gasteiger charge is -2.26. The Morgan fingerprint density at radius 2 is 2.28 bits per heavy atom. The Bertz CT molecular complexity index is 508. The molecule has 0 N–H and O–H groups in total. The highest BCUT2D eigenvalue weighted by molar-refractivity contribution is 5.86. The average Bonchev–Trinajstić information content (AvgIpc) is 2.37. The summed E-state index contributed by atoms with van der Waals surface area (Å²) in [5.74, 6) is 0. The maximum Gasteiger partial charge on any atom is 0.270 e. The molecule has 1 unspecified atom stereocenters. The molecule has 0 bridgehead atoms. The van der Waals surface area contributed by atoms with Crippen molar-refractivity contribution >= 4 is 17.7 Å². The SMILES string of the molecule is CC(CC#N)N(C)c1ccc([N+](=O)[O-])cc1C=O. The van der Waals surface area contributed by atoms with Crippen LogP contribution in [0.1, 0.15) is 23.7 Å². The van der Waals surface area contributed by atoms with E-state index in [1.165, 1.54) is 18.2 Å². The Morgan fingerprint density at radius 3 is 2.78 bits per heavy atom. The van der Waals surface area contributed by atoms with E-state index in [4.69, 9.17) is 5.26 Å². The fraction of sp³-hybridized carbons (Fsp3) is 0.333. The van der Waals surface area contributed by atoms with Crippen LogP contribution >= 0.6 is 0 Å². The van der Waals surface area contributed by atoms with Crippen molar-refractivity contribution in [3.63, 3.8) is 0 Å². The maximum absolute atomic E-state index is 11.0. The van der Waals surface area contributed by atoms with Crippen molar-refractivity contribution in [2.45, 2.75) is 19.4 Å². The molecule has 0 heterocycles. The van der Waals surface area contributed by atoms with Crippen molar-refractivity contribution < 1.29 is 9.72 Å². The largest absolute Gasteiger partial charge is 0.370 e. The van der Waals surface area contributed by atoms with Gasteiger partial charge in [0.1, 0.15) is 0 Å². The zero-order valence-electron chi connectivity index (χ0n) is 10.2. The monoisotopic (exact) mass is 247 g/mol. The van der Waals surface area contributed by atoms with Gasteiger partial charge in [-0.3, -0.25) is 14.9 Å². The number of aldehydes is 1. The first-order chi connectivity index (χ1) is 8.51. The lowest BCUT2D eigenvalue weighted by atomic mass is 10.1. The van der Waals surface area contributed by atoms with Crippen LogP contribution in [0.2, 0.25) is 0 Å². The summed E-state index contributed by atoms with van der Waals surface area (Å²) in [7, 11) is 1.75. The fourth-order valence-electron chi connectivity index (χ4n) is 1.58. The molecule has 18 heavy (non-hydrogen) atoms. The Morgan fingerprint density at radius 1 is 1.61 bits per heavy atom. The first-order valence-electron chi connectivity index (χ1n) is 5.34. The standard InChI is InChI=1S/C12H13N3O3/c1-9(5-6-13)14(2)12-4-3-11(15(17)18)7-10(12)8-16/h3-4,7-9H,5H2,1-2H3. The van der Waals surface area contributed by atoms with E-state index >= 15 is 0 Å². The minimum absolute atomic E-state index is 0.0739. The van der Waals surface area contributed by atoms with Crippen molar-refractivity contribution in [2.75, 3.05) is 11.9 Å². The van der Waals surface area contributed by atoms with E-state index in [2.05, 4.69) is 0 Å². The van der Waals surface area contributed by atoms with Crippen LogP contribution in [-0.2, 0) is 0 Å². The molecule has 0 saturated carbocycles. The number of nitrogens with zero attached hydrogens (tertiary/aromatic N) is 3. The van der Waals surface area contributed by atoms with Crippen LogP contribution in [0.5, 0.6) is 0 Å². The smallest absolute Gasteiger partial charge is 0.270 e. The Balaban J connectivity index is 3.13. The van der Waals surface area contributed by atoms with Crippen molar-refractivity contribution in [3.05, 3.63) is 33.9 Å². The predicted molar refractivity (Wildman–Crippen MR) is 66.6 cm³/mol. The van der Waals surface area contributed by atoms with Gasteiger partial charge in [0, 0.05) is 36.5 Å². The number of nitro benzene ring substituents is 1. The summed E-state index contributed by atoms with van der Waals surface area (Å²) < 4.78 is 0. The molecule has 0 radical (unpaired) electrons. The molecule has 6 heteroatoms. The lowest BCUT2D eigenvalue weighted by molar-refractivity contribution is -0.384. The molecule has 6 nitrogen and oxygen atoms in total. The van der Waals surface area contributed by atoms with E-state index in [1.807, 2.05) is 13.0 Å². The van der Waals surface area contributed by atoms with Gasteiger partial charge in [0.25, 0.3) is 5.69 Å². The molecular weight excluding hydrogens is 234 g/mol. The third kappa shape index (κ3) is 2.83. The molecule has 1 aromatic rings. The zero-order chi connectivity index (χ0) is 13.7. The van der Waals surface area contributed by atoms with Gasteiger partial charge in [-0.25, -0.2) is 0 Å². The maximum atomic E-state index is 11.0. The number of non-ortho nitro benzene ring substituents is 1. The third-order valence-corrected chi connectivity index (χ3v) is 2.78. The van der Waals surface area contributed by atoms with Gasteiger partial charge in [0.05, 0.1) is 17.4 Å². The third-order valence-electron chi connectivity index (χ3n) is 2.78. The van der Waals surface area contributed by atoms with Crippen LogP contribution < -0.4 is 4.90 Å². The topological polar surface area (TPSA) is 87.2 Å². The van der Waals surface area contributed by atoms with Gasteiger partial charge in [-0.1, -0.05) is 0 Å². The number of carbonyl (C=O) groups is 1. The number of carbonyl (C=O) groups excluding carboxylic acids is 1. The minimum atomic E-state index is -0.546. The highest BCUT2D eigenvalue weighted by atomic mass is 16.6. The van der Waals surface area contributed by atoms with Crippen molar-refractivity contribution in [2.24, 2.45) is 0 Å². The van der Waals surface area contributed by atoms with E-state index in [9.17, 15) is 14.9 Å². The molecule has 1 atom stereocenters. The van der Waals surface area contributed by atoms with Crippen LogP contribution in [-0.4, -0.2) is 24.3 Å². The van der Waals surface area contributed by atoms with Gasteiger partial charge in [-0.05, 0) is 13.0 Å². The van der Waals surface area contributed by atoms with E-state index in [0.717, 1.165) is 0 Å². The van der Waals surface area contributed by atoms with E-state index in [0.29, 0.717) is 18.4 Å². The van der Waals surface area contributed by atoms with E-state index in [1.54, 1.807) is 11.9 Å². The molecular formula is C12H13N3O3. The lowest BCUT2D eigenvalue weighted by Crippen LogP contribution is -2.29. The second kappa shape index (κ2) is 5.77. The highest BCUT2D eigenvalue weighted by Gasteiger charge is 2.16. The normalized spacial score (nSPS) is 11.4. The predicted octanol–water partition coefficient (Wildman–Crippen LogP) is 2.15. The van der Waals surface area contributed by atoms with Crippen molar-refractivity contribution in [1.29, 1.82) is 5.26 Å². The van der Waals surface area contributed by atoms with Crippen molar-refractivity contribution in [3.8, 4) is 6.07 Å². The number of hydrogen-bond acceptors (Lipinski definition) is 5. The Kier molecular flexibility index (Phi) is 4.38. The zero-order valence-corrected chi connectivity index (χ0v) is 10.2. The van der Waals surface area contributed by atoms with Gasteiger partial charge in [0.2, 0.25) is 0 Å². The Hall–Kier alpha value is -2.42. The summed E-state index contributed by atoms with van der Waals surface area (Å²) in [5.41, 5.74) is 0.706. The summed E-state index contributed by atoms with van der Waals surface area (Å²) >= 11 is 0. The first kappa shape index (κ1) is 13.6. The van der Waals surface area contributed by atoms with Gasteiger partial charge in [-0.15, -0.1) is 0 Å². The average molecular weight is 247 g/mol. The number of hydrogen-bond donors (Lipinski definition) is 0. The molecule has 0 amide bonds. The highest BCUT2D eigenvalue weighted by Crippen LogP contribution is 2.25. The molecule has 0 aliphatic heterocycles. The van der Waals surface area contributed by atoms with Crippen LogP contribution in [0, 0.1) is 21.4 Å². The van der Waals surface area contributed by atoms with Gasteiger partial charge in [0.15, 0.2) is 6.29 Å². The molecule has 0 fully saturated rings. The molecule has 0 aromatic heterocycles. The number of rotatable bonds is 5. The second-order valence-corrected chi connectivity index (χ2v) is 3.94. The molecule has 94 valence electrons. The quantitative estimate of drug-likeness (QED) is 0.452. The van der Waals surface area contributed by atoms with Crippen molar-refractivity contribution in [1.82, 2.24) is 0 Å². The molecule has 1 rings (SSSR count). The van der Waals surface area contributed by atoms with Gasteiger partial charge >= 0.3 is 0 Å². The number of benzene rings is 1. The van der Waals surface area contributed by atoms with Crippen LogP contribution in [0.15, 0.2) is 18.2 Å². The minimum Gasteiger partial charge on any atom is -0.370 e. The van der Waals surface area contributed by atoms with Crippen LogP contribution in [0.4, 0.5) is 11.4 Å². The first-order valence-corrected chi connectivity index (χ1v) is 5.34. The van der Waals surface area contributed by atoms with E-state index < -0.39 is 4.92 Å². The van der Waals surface area contributed by atoms with E-state index in [-0.39, 0.29) is 17.3 Å². The summed E-state index contributed by atoms with van der Waals surface area (Å²) in [4.78, 5) is 22.8. The second-order valence-electron chi connectivity index (χ2n) is 3.94. The summed E-state index contributed by atoms with van der Waals surface area (Å²) in [6.45, 7) is 1.85. The summed E-state index contributed by atoms with van der Waals surface area (Å²) in [5, 5.41) is 19.3. The summed E-state index contributed by atoms with van der Waals surface area (Å²) in [6, 6.07) is 6.08.